The Labute approximate surface area is 137 Å². The van der Waals surface area contributed by atoms with Gasteiger partial charge in [0, 0.05) is 18.4 Å². The van der Waals surface area contributed by atoms with Crippen LogP contribution in [0.3, 0.4) is 0 Å². The molecule has 0 aliphatic carbocycles. The maximum absolute atomic E-state index is 12.0. The lowest BCUT2D eigenvalue weighted by atomic mass is 9.97. The van der Waals surface area contributed by atoms with Crippen molar-refractivity contribution in [1.29, 1.82) is 5.41 Å². The van der Waals surface area contributed by atoms with Gasteiger partial charge in [-0.3, -0.25) is 15.0 Å². The first kappa shape index (κ1) is 17.6. The summed E-state index contributed by atoms with van der Waals surface area (Å²) in [6, 6.07) is 4.18. The maximum Gasteiger partial charge on any atom is 0.322 e. The van der Waals surface area contributed by atoms with E-state index in [0.29, 0.717) is 17.7 Å². The highest BCUT2D eigenvalue weighted by molar-refractivity contribution is 6.03. The summed E-state index contributed by atoms with van der Waals surface area (Å²) >= 11 is 0. The molecule has 0 saturated carbocycles. The number of carboxylic acid groups (broad SMARTS) is 1. The molecule has 1 aromatic carbocycles. The van der Waals surface area contributed by atoms with Gasteiger partial charge >= 0.3 is 5.97 Å². The summed E-state index contributed by atoms with van der Waals surface area (Å²) in [5.41, 5.74) is 18.3. The van der Waals surface area contributed by atoms with Crippen LogP contribution in [0.5, 0.6) is 0 Å². The molecule has 0 radical (unpaired) electrons. The first-order valence-electron chi connectivity index (χ1n) is 7.23. The van der Waals surface area contributed by atoms with E-state index >= 15 is 0 Å². The van der Waals surface area contributed by atoms with E-state index in [1.165, 1.54) is 0 Å². The Bertz CT molecular complexity index is 686. The molecule has 1 aliphatic heterocycles. The van der Waals surface area contributed by atoms with Crippen LogP contribution in [0.4, 0.5) is 0 Å². The van der Waals surface area contributed by atoms with Gasteiger partial charge < -0.3 is 27.1 Å². The molecule has 128 valence electrons. The standard InChI is InChI=1S/C15H19N5O4/c16-12(13(17)15(22)23)11(21)6-9-5-10(20-24-9)7-1-3-8(4-2-7)14(18)19/h1-4,9,12-13H,5-6,16-17H2,(H3,18,19)(H,22,23)/t9-,12?,13+/m0/s1. The molecule has 1 aromatic rings. The largest absolute Gasteiger partial charge is 0.480 e. The lowest BCUT2D eigenvalue weighted by Crippen LogP contribution is -2.52. The van der Waals surface area contributed by atoms with E-state index in [9.17, 15) is 9.59 Å². The van der Waals surface area contributed by atoms with Crippen molar-refractivity contribution in [2.45, 2.75) is 31.0 Å². The molecular formula is C15H19N5O4. The zero-order valence-electron chi connectivity index (χ0n) is 12.8. The predicted molar refractivity (Wildman–Crippen MR) is 86.7 cm³/mol. The number of carboxylic acids is 1. The number of oxime groups is 1. The number of aliphatic carboxylic acids is 1. The minimum atomic E-state index is -1.45. The highest BCUT2D eigenvalue weighted by Gasteiger charge is 2.31. The zero-order valence-corrected chi connectivity index (χ0v) is 12.8. The summed E-state index contributed by atoms with van der Waals surface area (Å²) < 4.78 is 0. The molecule has 1 heterocycles. The molecule has 9 nitrogen and oxygen atoms in total. The third-order valence-corrected chi connectivity index (χ3v) is 3.73. The van der Waals surface area contributed by atoms with Crippen molar-refractivity contribution in [2.75, 3.05) is 0 Å². The molecule has 0 spiro atoms. The molecule has 0 amide bonds. The fourth-order valence-electron chi connectivity index (χ4n) is 2.26. The number of amidine groups is 1. The second-order valence-electron chi connectivity index (χ2n) is 5.52. The van der Waals surface area contributed by atoms with Crippen molar-refractivity contribution in [3.8, 4) is 0 Å². The molecule has 24 heavy (non-hydrogen) atoms. The van der Waals surface area contributed by atoms with Crippen LogP contribution in [0.15, 0.2) is 29.4 Å². The zero-order chi connectivity index (χ0) is 17.9. The SMILES string of the molecule is N=C(N)c1ccc(C2=NO[C@H](CC(=O)C(N)[C@@H](N)C(=O)O)C2)cc1. The van der Waals surface area contributed by atoms with Crippen LogP contribution in [0.25, 0.3) is 0 Å². The van der Waals surface area contributed by atoms with Crippen molar-refractivity contribution in [1.82, 2.24) is 0 Å². The van der Waals surface area contributed by atoms with E-state index in [1.54, 1.807) is 24.3 Å². The Morgan fingerprint density at radius 2 is 1.92 bits per heavy atom. The number of hydrogen-bond acceptors (Lipinski definition) is 7. The lowest BCUT2D eigenvalue weighted by molar-refractivity contribution is -0.141. The van der Waals surface area contributed by atoms with Gasteiger partial charge in [-0.1, -0.05) is 29.4 Å². The Hall–Kier alpha value is -2.78. The quantitative estimate of drug-likeness (QED) is 0.319. The fourth-order valence-corrected chi connectivity index (χ4v) is 2.26. The van der Waals surface area contributed by atoms with Crippen LogP contribution in [-0.4, -0.2) is 46.6 Å². The molecule has 0 fully saturated rings. The molecule has 3 atom stereocenters. The van der Waals surface area contributed by atoms with Crippen LogP contribution in [0.2, 0.25) is 0 Å². The van der Waals surface area contributed by atoms with Gasteiger partial charge in [0.1, 0.15) is 18.0 Å². The van der Waals surface area contributed by atoms with Gasteiger partial charge in [-0.2, -0.15) is 0 Å². The average Bonchev–Trinajstić information content (AvgIpc) is 3.01. The van der Waals surface area contributed by atoms with E-state index in [-0.39, 0.29) is 12.3 Å². The van der Waals surface area contributed by atoms with Gasteiger partial charge in [0.2, 0.25) is 0 Å². The number of nitrogens with one attached hydrogen (secondary N) is 1. The minimum Gasteiger partial charge on any atom is -0.480 e. The van der Waals surface area contributed by atoms with Gasteiger partial charge in [-0.05, 0) is 5.56 Å². The van der Waals surface area contributed by atoms with E-state index in [0.717, 1.165) is 5.56 Å². The summed E-state index contributed by atoms with van der Waals surface area (Å²) in [4.78, 5) is 27.9. The van der Waals surface area contributed by atoms with Crippen molar-refractivity contribution < 1.29 is 19.5 Å². The Morgan fingerprint density at radius 1 is 1.29 bits per heavy atom. The summed E-state index contributed by atoms with van der Waals surface area (Å²) in [6.45, 7) is 0. The van der Waals surface area contributed by atoms with Crippen LogP contribution in [0, 0.1) is 5.41 Å². The number of nitrogens with two attached hydrogens (primary N) is 3. The highest BCUT2D eigenvalue weighted by atomic mass is 16.6. The van der Waals surface area contributed by atoms with Crippen LogP contribution in [0.1, 0.15) is 24.0 Å². The van der Waals surface area contributed by atoms with Crippen LogP contribution in [-0.2, 0) is 14.4 Å². The number of rotatable bonds is 7. The van der Waals surface area contributed by atoms with Crippen molar-refractivity contribution in [3.05, 3.63) is 35.4 Å². The number of nitrogen functional groups attached to an aromatic ring is 1. The molecule has 8 N–H and O–H groups in total. The van der Waals surface area contributed by atoms with Gasteiger partial charge in [0.05, 0.1) is 11.8 Å². The Kier molecular flexibility index (Phi) is 5.27. The van der Waals surface area contributed by atoms with E-state index in [2.05, 4.69) is 5.16 Å². The van der Waals surface area contributed by atoms with Crippen molar-refractivity contribution in [3.63, 3.8) is 0 Å². The number of carbonyl (C=O) groups excluding carboxylic acids is 1. The van der Waals surface area contributed by atoms with E-state index in [1.807, 2.05) is 0 Å². The predicted octanol–water partition coefficient (Wildman–Crippen LogP) is -0.838. The summed E-state index contributed by atoms with van der Waals surface area (Å²) in [5.74, 6) is -1.85. The molecule has 0 saturated heterocycles. The number of carbonyl (C=O) groups is 2. The highest BCUT2D eigenvalue weighted by Crippen LogP contribution is 2.20. The fraction of sp³-hybridized carbons (Fsp3) is 0.333. The number of Topliss-reactive ketones (excluding diaryl/α,β-unsaturated/α-hetero) is 1. The number of ketones is 1. The van der Waals surface area contributed by atoms with Gasteiger partial charge in [0.25, 0.3) is 0 Å². The second-order valence-corrected chi connectivity index (χ2v) is 5.52. The molecule has 2 rings (SSSR count). The third-order valence-electron chi connectivity index (χ3n) is 3.73. The summed E-state index contributed by atoms with van der Waals surface area (Å²) in [7, 11) is 0. The monoisotopic (exact) mass is 333 g/mol. The molecular weight excluding hydrogens is 314 g/mol. The number of benzene rings is 1. The van der Waals surface area contributed by atoms with Gasteiger partial charge in [-0.15, -0.1) is 0 Å². The van der Waals surface area contributed by atoms with Crippen molar-refractivity contribution in [2.24, 2.45) is 22.4 Å². The molecule has 0 aromatic heterocycles. The van der Waals surface area contributed by atoms with Crippen molar-refractivity contribution >= 4 is 23.3 Å². The number of nitrogens with zero attached hydrogens (tertiary/aromatic N) is 1. The van der Waals surface area contributed by atoms with Crippen LogP contribution < -0.4 is 17.2 Å². The third kappa shape index (κ3) is 3.94. The molecule has 1 unspecified atom stereocenters. The first-order chi connectivity index (χ1) is 11.3. The summed E-state index contributed by atoms with van der Waals surface area (Å²) in [5, 5.41) is 20.1. The number of hydrogen-bond donors (Lipinski definition) is 5. The van der Waals surface area contributed by atoms with E-state index in [4.69, 9.17) is 32.6 Å². The molecule has 0 bridgehead atoms. The molecule has 9 heteroatoms. The van der Waals surface area contributed by atoms with Gasteiger partial charge in [-0.25, -0.2) is 0 Å². The van der Waals surface area contributed by atoms with E-state index < -0.39 is 29.9 Å². The Morgan fingerprint density at radius 3 is 2.46 bits per heavy atom. The van der Waals surface area contributed by atoms with Crippen LogP contribution >= 0.6 is 0 Å². The smallest absolute Gasteiger partial charge is 0.322 e. The summed E-state index contributed by atoms with van der Waals surface area (Å²) in [6.07, 6.45) is -0.187. The first-order valence-corrected chi connectivity index (χ1v) is 7.23. The topological polar surface area (TPSA) is 178 Å². The lowest BCUT2D eigenvalue weighted by Gasteiger charge is -2.16. The van der Waals surface area contributed by atoms with Gasteiger partial charge in [0.15, 0.2) is 5.78 Å². The minimum absolute atomic E-state index is 0.0293. The normalized spacial score (nSPS) is 19.1. The average molecular weight is 333 g/mol. The molecule has 1 aliphatic rings. The maximum atomic E-state index is 12.0. The Balaban J connectivity index is 1.93. The second kappa shape index (κ2) is 7.20.